The summed E-state index contributed by atoms with van der Waals surface area (Å²) < 4.78 is 2.01. The fraction of sp³-hybridized carbons (Fsp3) is 0.588. The summed E-state index contributed by atoms with van der Waals surface area (Å²) >= 11 is 0. The molecule has 1 spiro atoms. The van der Waals surface area contributed by atoms with E-state index < -0.39 is 0 Å². The summed E-state index contributed by atoms with van der Waals surface area (Å²) in [6, 6.07) is 5.91. The molecule has 2 aromatic rings. The predicted molar refractivity (Wildman–Crippen MR) is 88.4 cm³/mol. The fourth-order valence-corrected chi connectivity index (χ4v) is 4.10. The first-order valence-corrected chi connectivity index (χ1v) is 8.58. The zero-order chi connectivity index (χ0) is 15.9. The summed E-state index contributed by atoms with van der Waals surface area (Å²) in [4.78, 5) is 17.3. The van der Waals surface area contributed by atoms with Crippen LogP contribution in [0.25, 0.3) is 5.65 Å². The van der Waals surface area contributed by atoms with Crippen LogP contribution in [0.15, 0.2) is 24.4 Å². The van der Waals surface area contributed by atoms with E-state index in [0.717, 1.165) is 63.5 Å². The molecule has 6 nitrogen and oxygen atoms in total. The molecule has 0 radical (unpaired) electrons. The number of carbonyl (C=O) groups is 1. The van der Waals surface area contributed by atoms with E-state index in [9.17, 15) is 4.79 Å². The minimum Gasteiger partial charge on any atom is -0.342 e. The van der Waals surface area contributed by atoms with Gasteiger partial charge in [0.1, 0.15) is 0 Å². The lowest BCUT2D eigenvalue weighted by atomic mass is 9.78. The predicted octanol–water partition coefficient (Wildman–Crippen LogP) is 1.96. The molecule has 6 heteroatoms. The van der Waals surface area contributed by atoms with Crippen molar-refractivity contribution < 1.29 is 4.79 Å². The van der Waals surface area contributed by atoms with E-state index in [-0.39, 0.29) is 5.41 Å². The Hall–Kier alpha value is -2.11. The van der Waals surface area contributed by atoms with Gasteiger partial charge < -0.3 is 9.80 Å². The van der Waals surface area contributed by atoms with E-state index in [4.69, 9.17) is 0 Å². The molecule has 23 heavy (non-hydrogen) atoms. The Kier molecular flexibility index (Phi) is 3.47. The van der Waals surface area contributed by atoms with Crippen LogP contribution in [0.3, 0.4) is 0 Å². The third kappa shape index (κ3) is 2.28. The van der Waals surface area contributed by atoms with Gasteiger partial charge in [-0.05, 0) is 37.8 Å². The second-order valence-electron chi connectivity index (χ2n) is 6.78. The molecule has 0 aromatic carbocycles. The van der Waals surface area contributed by atoms with Crippen LogP contribution >= 0.6 is 0 Å². The molecule has 2 aromatic heterocycles. The third-order valence-electron chi connectivity index (χ3n) is 5.25. The molecular formula is C17H23N5O. The van der Waals surface area contributed by atoms with Gasteiger partial charge in [0.05, 0.1) is 5.41 Å². The van der Waals surface area contributed by atoms with Crippen molar-refractivity contribution >= 4 is 17.5 Å². The van der Waals surface area contributed by atoms with E-state index in [1.54, 1.807) is 0 Å². The molecule has 0 N–H and O–H groups in total. The van der Waals surface area contributed by atoms with Gasteiger partial charge in [0.15, 0.2) is 5.65 Å². The van der Waals surface area contributed by atoms with Crippen LogP contribution in [0.5, 0.6) is 0 Å². The number of rotatable bonds is 3. The number of amides is 1. The highest BCUT2D eigenvalue weighted by Gasteiger charge is 2.48. The molecular weight excluding hydrogens is 290 g/mol. The SMILES string of the molecule is CCCN1CCCC2(CCN(c3nnc4ccccn34)C2)C1=O. The third-order valence-corrected chi connectivity index (χ3v) is 5.25. The number of pyridine rings is 1. The lowest BCUT2D eigenvalue weighted by Crippen LogP contribution is -2.50. The summed E-state index contributed by atoms with van der Waals surface area (Å²) in [5, 5.41) is 8.59. The first kappa shape index (κ1) is 14.5. The number of hydrogen-bond donors (Lipinski definition) is 0. The van der Waals surface area contributed by atoms with Crippen LogP contribution in [0.1, 0.15) is 32.6 Å². The van der Waals surface area contributed by atoms with Gasteiger partial charge in [-0.1, -0.05) is 13.0 Å². The van der Waals surface area contributed by atoms with Gasteiger partial charge in [-0.3, -0.25) is 9.20 Å². The summed E-state index contributed by atoms with van der Waals surface area (Å²) in [5.41, 5.74) is 0.639. The minimum absolute atomic E-state index is 0.214. The van der Waals surface area contributed by atoms with Gasteiger partial charge in [0.2, 0.25) is 11.9 Å². The lowest BCUT2D eigenvalue weighted by Gasteiger charge is -2.39. The van der Waals surface area contributed by atoms with E-state index in [0.29, 0.717) is 5.91 Å². The van der Waals surface area contributed by atoms with Gasteiger partial charge in [-0.2, -0.15) is 0 Å². The average molecular weight is 313 g/mol. The highest BCUT2D eigenvalue weighted by atomic mass is 16.2. The van der Waals surface area contributed by atoms with Crippen molar-refractivity contribution in [1.29, 1.82) is 0 Å². The van der Waals surface area contributed by atoms with Gasteiger partial charge in [0.25, 0.3) is 0 Å². The molecule has 1 unspecified atom stereocenters. The van der Waals surface area contributed by atoms with Crippen molar-refractivity contribution in [2.45, 2.75) is 32.6 Å². The molecule has 0 saturated carbocycles. The maximum atomic E-state index is 13.0. The molecule has 2 saturated heterocycles. The number of aromatic nitrogens is 3. The number of carbonyl (C=O) groups excluding carboxylic acids is 1. The molecule has 4 rings (SSSR count). The van der Waals surface area contributed by atoms with Crippen molar-refractivity contribution in [2.24, 2.45) is 5.41 Å². The van der Waals surface area contributed by atoms with Crippen LogP contribution < -0.4 is 4.90 Å². The zero-order valence-electron chi connectivity index (χ0n) is 13.6. The van der Waals surface area contributed by atoms with Crippen LogP contribution in [-0.4, -0.2) is 51.6 Å². The normalized spacial score (nSPS) is 25.0. The summed E-state index contributed by atoms with van der Waals surface area (Å²) in [7, 11) is 0. The largest absolute Gasteiger partial charge is 0.342 e. The second kappa shape index (κ2) is 5.51. The number of fused-ring (bicyclic) bond motifs is 1. The van der Waals surface area contributed by atoms with Crippen molar-refractivity contribution in [2.75, 3.05) is 31.1 Å². The van der Waals surface area contributed by atoms with Crippen LogP contribution in [-0.2, 0) is 4.79 Å². The standard InChI is InChI=1S/C17H23N5O/c1-2-9-20-10-5-7-17(15(20)23)8-12-21(13-17)16-19-18-14-6-3-4-11-22(14)16/h3-4,6,11H,2,5,7-10,12-13H2,1H3. The quantitative estimate of drug-likeness (QED) is 0.869. The smallest absolute Gasteiger partial charge is 0.231 e. The number of likely N-dealkylation sites (tertiary alicyclic amines) is 1. The van der Waals surface area contributed by atoms with E-state index in [1.807, 2.05) is 28.8 Å². The first-order valence-electron chi connectivity index (χ1n) is 8.58. The molecule has 2 fully saturated rings. The molecule has 0 aliphatic carbocycles. The Morgan fingerprint density at radius 2 is 2.13 bits per heavy atom. The summed E-state index contributed by atoms with van der Waals surface area (Å²) in [5.74, 6) is 1.21. The maximum absolute atomic E-state index is 13.0. The van der Waals surface area contributed by atoms with Gasteiger partial charge in [-0.25, -0.2) is 0 Å². The Labute approximate surface area is 136 Å². The van der Waals surface area contributed by atoms with Crippen LogP contribution in [0, 0.1) is 5.41 Å². The fourth-order valence-electron chi connectivity index (χ4n) is 4.10. The van der Waals surface area contributed by atoms with Gasteiger partial charge >= 0.3 is 0 Å². The molecule has 4 heterocycles. The van der Waals surface area contributed by atoms with E-state index >= 15 is 0 Å². The maximum Gasteiger partial charge on any atom is 0.231 e. The number of piperidine rings is 1. The van der Waals surface area contributed by atoms with E-state index in [1.165, 1.54) is 0 Å². The second-order valence-corrected chi connectivity index (χ2v) is 6.78. The molecule has 122 valence electrons. The monoisotopic (exact) mass is 313 g/mol. The van der Waals surface area contributed by atoms with Crippen molar-refractivity contribution in [3.8, 4) is 0 Å². The van der Waals surface area contributed by atoms with Crippen LogP contribution in [0.2, 0.25) is 0 Å². The zero-order valence-corrected chi connectivity index (χ0v) is 13.6. The highest BCUT2D eigenvalue weighted by Crippen LogP contribution is 2.41. The molecule has 2 aliphatic rings. The average Bonchev–Trinajstić information content (AvgIpc) is 3.17. The molecule has 0 bridgehead atoms. The molecule has 2 aliphatic heterocycles. The van der Waals surface area contributed by atoms with Crippen molar-refractivity contribution in [1.82, 2.24) is 19.5 Å². The van der Waals surface area contributed by atoms with Crippen molar-refractivity contribution in [3.05, 3.63) is 24.4 Å². The number of hydrogen-bond acceptors (Lipinski definition) is 4. The lowest BCUT2D eigenvalue weighted by molar-refractivity contribution is -0.145. The number of anilines is 1. The van der Waals surface area contributed by atoms with Crippen molar-refractivity contribution in [3.63, 3.8) is 0 Å². The Morgan fingerprint density at radius 3 is 3.00 bits per heavy atom. The summed E-state index contributed by atoms with van der Waals surface area (Å²) in [6.07, 6.45) is 6.05. The Balaban J connectivity index is 1.60. The van der Waals surface area contributed by atoms with E-state index in [2.05, 4.69) is 26.9 Å². The summed E-state index contributed by atoms with van der Waals surface area (Å²) in [6.45, 7) is 5.58. The Morgan fingerprint density at radius 1 is 1.22 bits per heavy atom. The first-order chi connectivity index (χ1) is 11.2. The highest BCUT2D eigenvalue weighted by molar-refractivity contribution is 5.85. The van der Waals surface area contributed by atoms with Crippen LogP contribution in [0.4, 0.5) is 5.95 Å². The minimum atomic E-state index is -0.214. The topological polar surface area (TPSA) is 53.7 Å². The molecule has 1 amide bonds. The molecule has 1 atom stereocenters. The number of nitrogens with zero attached hydrogens (tertiary/aromatic N) is 5. The van der Waals surface area contributed by atoms with Gasteiger partial charge in [0, 0.05) is 32.4 Å². The van der Waals surface area contributed by atoms with Gasteiger partial charge in [-0.15, -0.1) is 10.2 Å². The Bertz CT molecular complexity index is 725.